The van der Waals surface area contributed by atoms with Crippen molar-refractivity contribution in [2.75, 3.05) is 5.32 Å². The molecule has 0 fully saturated rings. The van der Waals surface area contributed by atoms with Gasteiger partial charge in [0.1, 0.15) is 0 Å². The lowest BCUT2D eigenvalue weighted by atomic mass is 10.2. The van der Waals surface area contributed by atoms with Crippen LogP contribution in [0.3, 0.4) is 0 Å². The van der Waals surface area contributed by atoms with Gasteiger partial charge in [-0.25, -0.2) is 8.78 Å². The van der Waals surface area contributed by atoms with Crippen LogP contribution in [-0.4, -0.2) is 17.3 Å². The maximum atomic E-state index is 13.1. The van der Waals surface area contributed by atoms with Gasteiger partial charge < -0.3 is 5.32 Å². The van der Waals surface area contributed by atoms with Crippen LogP contribution in [0.25, 0.3) is 0 Å². The fraction of sp³-hybridized carbons (Fsp3) is 0.125. The second-order valence-corrected chi connectivity index (χ2v) is 2.80. The minimum absolute atomic E-state index is 0.450. The standard InChI is InChI=1S/C8H4F4N2O3/c9-3-1-2-4(14(16)17)6(5(3)10)13-8(15)7(11)12/h1-2,7H,(H,13,15). The number of hydrogen-bond acceptors (Lipinski definition) is 3. The smallest absolute Gasteiger partial charge is 0.313 e. The highest BCUT2D eigenvalue weighted by molar-refractivity contribution is 5.95. The van der Waals surface area contributed by atoms with Gasteiger partial charge in [0.25, 0.3) is 11.6 Å². The number of halogens is 4. The molecule has 0 atom stereocenters. The van der Waals surface area contributed by atoms with Crippen molar-refractivity contribution in [3.63, 3.8) is 0 Å². The van der Waals surface area contributed by atoms with Crippen molar-refractivity contribution in [3.05, 3.63) is 33.9 Å². The number of nitrogens with zero attached hydrogens (tertiary/aromatic N) is 1. The second-order valence-electron chi connectivity index (χ2n) is 2.80. The van der Waals surface area contributed by atoms with Crippen molar-refractivity contribution in [2.45, 2.75) is 6.43 Å². The fourth-order valence-corrected chi connectivity index (χ4v) is 0.989. The molecule has 0 saturated heterocycles. The lowest BCUT2D eigenvalue weighted by Gasteiger charge is -2.06. The summed E-state index contributed by atoms with van der Waals surface area (Å²) in [7, 11) is 0. The summed E-state index contributed by atoms with van der Waals surface area (Å²) in [4.78, 5) is 19.9. The maximum Gasteiger partial charge on any atom is 0.315 e. The predicted molar refractivity (Wildman–Crippen MR) is 47.6 cm³/mol. The summed E-state index contributed by atoms with van der Waals surface area (Å²) in [5.74, 6) is -5.23. The molecule has 1 N–H and O–H groups in total. The molecular formula is C8H4F4N2O3. The number of rotatable bonds is 3. The molecule has 1 rings (SSSR count). The highest BCUT2D eigenvalue weighted by atomic mass is 19.3. The van der Waals surface area contributed by atoms with Crippen molar-refractivity contribution in [1.82, 2.24) is 0 Å². The Morgan fingerprint density at radius 1 is 1.35 bits per heavy atom. The minimum atomic E-state index is -3.50. The molecule has 0 heterocycles. The molecule has 0 saturated carbocycles. The van der Waals surface area contributed by atoms with E-state index in [0.717, 1.165) is 0 Å². The summed E-state index contributed by atoms with van der Waals surface area (Å²) in [6, 6.07) is 1.00. The van der Waals surface area contributed by atoms with Crippen LogP contribution in [0, 0.1) is 21.7 Å². The molecule has 0 aromatic heterocycles. The summed E-state index contributed by atoms with van der Waals surface area (Å²) in [5, 5.41) is 11.7. The van der Waals surface area contributed by atoms with Crippen LogP contribution >= 0.6 is 0 Å². The van der Waals surface area contributed by atoms with E-state index in [1.54, 1.807) is 0 Å². The van der Waals surface area contributed by atoms with E-state index in [4.69, 9.17) is 0 Å². The third kappa shape index (κ3) is 2.68. The molecular weight excluding hydrogens is 248 g/mol. The Labute approximate surface area is 91.2 Å². The van der Waals surface area contributed by atoms with Gasteiger partial charge in [0.15, 0.2) is 17.3 Å². The quantitative estimate of drug-likeness (QED) is 0.508. The first-order valence-electron chi connectivity index (χ1n) is 4.06. The van der Waals surface area contributed by atoms with Crippen LogP contribution < -0.4 is 5.32 Å². The first-order chi connectivity index (χ1) is 7.84. The van der Waals surface area contributed by atoms with Gasteiger partial charge >= 0.3 is 6.43 Å². The van der Waals surface area contributed by atoms with Gasteiger partial charge in [-0.15, -0.1) is 0 Å². The van der Waals surface area contributed by atoms with Crippen LogP contribution in [0.4, 0.5) is 28.9 Å². The molecule has 1 amide bonds. The Morgan fingerprint density at radius 3 is 2.41 bits per heavy atom. The first kappa shape index (κ1) is 12.9. The van der Waals surface area contributed by atoms with Crippen LogP contribution in [0.15, 0.2) is 12.1 Å². The van der Waals surface area contributed by atoms with E-state index in [1.807, 2.05) is 0 Å². The molecule has 5 nitrogen and oxygen atoms in total. The highest BCUT2D eigenvalue weighted by Crippen LogP contribution is 2.29. The van der Waals surface area contributed by atoms with E-state index in [1.165, 1.54) is 5.32 Å². The lowest BCUT2D eigenvalue weighted by molar-refractivity contribution is -0.384. The van der Waals surface area contributed by atoms with E-state index >= 15 is 0 Å². The van der Waals surface area contributed by atoms with Crippen LogP contribution in [-0.2, 0) is 4.79 Å². The van der Waals surface area contributed by atoms with Gasteiger partial charge in [0.05, 0.1) is 4.92 Å². The number of nitrogens with one attached hydrogen (secondary N) is 1. The van der Waals surface area contributed by atoms with Crippen LogP contribution in [0.1, 0.15) is 0 Å². The van der Waals surface area contributed by atoms with E-state index in [0.29, 0.717) is 12.1 Å². The largest absolute Gasteiger partial charge is 0.315 e. The second kappa shape index (κ2) is 4.76. The molecule has 0 spiro atoms. The number of anilines is 1. The fourth-order valence-electron chi connectivity index (χ4n) is 0.989. The van der Waals surface area contributed by atoms with Crippen molar-refractivity contribution in [3.8, 4) is 0 Å². The van der Waals surface area contributed by atoms with Crippen LogP contribution in [0.2, 0.25) is 0 Å². The monoisotopic (exact) mass is 252 g/mol. The number of hydrogen-bond donors (Lipinski definition) is 1. The molecule has 0 aliphatic carbocycles. The number of carbonyl (C=O) groups is 1. The zero-order valence-electron chi connectivity index (χ0n) is 7.92. The van der Waals surface area contributed by atoms with Gasteiger partial charge in [-0.05, 0) is 6.07 Å². The zero-order valence-corrected chi connectivity index (χ0v) is 7.92. The molecule has 0 unspecified atom stereocenters. The Bertz CT molecular complexity index is 478. The van der Waals surface area contributed by atoms with Gasteiger partial charge in [-0.3, -0.25) is 14.9 Å². The number of alkyl halides is 2. The highest BCUT2D eigenvalue weighted by Gasteiger charge is 2.26. The summed E-state index contributed by atoms with van der Waals surface area (Å²) < 4.78 is 49.6. The molecule has 1 aromatic rings. The molecule has 17 heavy (non-hydrogen) atoms. The van der Waals surface area contributed by atoms with E-state index in [9.17, 15) is 32.5 Å². The molecule has 0 bridgehead atoms. The van der Waals surface area contributed by atoms with E-state index in [2.05, 4.69) is 0 Å². The number of nitro benzene ring substituents is 1. The lowest BCUT2D eigenvalue weighted by Crippen LogP contribution is -2.21. The summed E-state index contributed by atoms with van der Waals surface area (Å²) in [6.45, 7) is 0. The maximum absolute atomic E-state index is 13.1. The number of amides is 1. The van der Waals surface area contributed by atoms with Crippen molar-refractivity contribution in [1.29, 1.82) is 0 Å². The summed E-state index contributed by atoms with van der Waals surface area (Å²) in [6.07, 6.45) is -3.50. The van der Waals surface area contributed by atoms with Gasteiger partial charge in [0, 0.05) is 6.07 Å². The Hall–Kier alpha value is -2.19. The zero-order chi connectivity index (χ0) is 13.2. The molecule has 92 valence electrons. The van der Waals surface area contributed by atoms with Gasteiger partial charge in [-0.2, -0.15) is 8.78 Å². The molecule has 1 aromatic carbocycles. The average molecular weight is 252 g/mol. The Morgan fingerprint density at radius 2 is 1.94 bits per heavy atom. The number of benzene rings is 1. The molecule has 0 radical (unpaired) electrons. The summed E-state index contributed by atoms with van der Waals surface area (Å²) >= 11 is 0. The number of carbonyl (C=O) groups excluding carboxylic acids is 1. The predicted octanol–water partition coefficient (Wildman–Crippen LogP) is 2.08. The third-order valence-corrected chi connectivity index (χ3v) is 1.72. The minimum Gasteiger partial charge on any atom is -0.313 e. The summed E-state index contributed by atoms with van der Waals surface area (Å²) in [5.41, 5.74) is -2.24. The SMILES string of the molecule is O=C(Nc1c([N+](=O)[O-])ccc(F)c1F)C(F)F. The van der Waals surface area contributed by atoms with Crippen molar-refractivity contribution in [2.24, 2.45) is 0 Å². The van der Waals surface area contributed by atoms with E-state index < -0.39 is 40.3 Å². The number of nitro groups is 1. The molecule has 9 heteroatoms. The average Bonchev–Trinajstić information content (AvgIpc) is 2.24. The van der Waals surface area contributed by atoms with E-state index in [-0.39, 0.29) is 0 Å². The third-order valence-electron chi connectivity index (χ3n) is 1.72. The van der Waals surface area contributed by atoms with Crippen molar-refractivity contribution < 1.29 is 27.3 Å². The molecule has 0 aliphatic heterocycles. The topological polar surface area (TPSA) is 72.2 Å². The Kier molecular flexibility index (Phi) is 3.61. The Balaban J connectivity index is 3.24. The first-order valence-corrected chi connectivity index (χ1v) is 4.06. The normalized spacial score (nSPS) is 10.4. The van der Waals surface area contributed by atoms with Crippen molar-refractivity contribution >= 4 is 17.3 Å². The van der Waals surface area contributed by atoms with Gasteiger partial charge in [-0.1, -0.05) is 0 Å². The molecule has 0 aliphatic rings. The van der Waals surface area contributed by atoms with Crippen LogP contribution in [0.5, 0.6) is 0 Å². The van der Waals surface area contributed by atoms with Gasteiger partial charge in [0.2, 0.25) is 0 Å².